The van der Waals surface area contributed by atoms with Gasteiger partial charge in [0.05, 0.1) is 17.9 Å². The van der Waals surface area contributed by atoms with Crippen LogP contribution in [0.3, 0.4) is 0 Å². The van der Waals surface area contributed by atoms with Crippen molar-refractivity contribution in [2.75, 3.05) is 44.2 Å². The molecule has 7 nitrogen and oxygen atoms in total. The fourth-order valence-corrected chi connectivity index (χ4v) is 6.40. The van der Waals surface area contributed by atoms with Gasteiger partial charge in [0.15, 0.2) is 5.78 Å². The van der Waals surface area contributed by atoms with Gasteiger partial charge in [-0.05, 0) is 56.0 Å². The van der Waals surface area contributed by atoms with Crippen LogP contribution in [0, 0.1) is 0 Å². The SMILES string of the molecule is CCNc1ccc(C(C)=O)cc1N=C1N(Cc2ccccc2)C(=O)/C(=S(/C)c2ccccc2N(C)C)N1C. The van der Waals surface area contributed by atoms with Crippen LogP contribution in [-0.4, -0.2) is 66.4 Å². The van der Waals surface area contributed by atoms with Crippen molar-refractivity contribution in [3.05, 3.63) is 83.9 Å². The molecule has 1 aliphatic rings. The monoisotopic (exact) mass is 529 g/mol. The summed E-state index contributed by atoms with van der Waals surface area (Å²) >= 11 is 0. The average molecular weight is 530 g/mol. The first kappa shape index (κ1) is 27.1. The van der Waals surface area contributed by atoms with E-state index in [-0.39, 0.29) is 11.7 Å². The quantitative estimate of drug-likeness (QED) is 0.311. The fraction of sp³-hybridized carbons (Fsp3) is 0.267. The van der Waals surface area contributed by atoms with E-state index in [1.165, 1.54) is 0 Å². The lowest BCUT2D eigenvalue weighted by Crippen LogP contribution is -2.32. The van der Waals surface area contributed by atoms with Gasteiger partial charge in [-0.2, -0.15) is 0 Å². The maximum absolute atomic E-state index is 14.1. The molecule has 1 aliphatic heterocycles. The second-order valence-electron chi connectivity index (χ2n) is 9.34. The molecule has 0 radical (unpaired) electrons. The average Bonchev–Trinajstić information content (AvgIpc) is 3.13. The van der Waals surface area contributed by atoms with Gasteiger partial charge in [-0.1, -0.05) is 42.5 Å². The number of carbonyl (C=O) groups is 2. The Balaban J connectivity index is 1.91. The van der Waals surface area contributed by atoms with Gasteiger partial charge in [-0.3, -0.25) is 14.5 Å². The van der Waals surface area contributed by atoms with Gasteiger partial charge in [-0.25, -0.2) is 4.99 Å². The van der Waals surface area contributed by atoms with Crippen molar-refractivity contribution in [3.63, 3.8) is 0 Å². The molecule has 8 heteroatoms. The minimum Gasteiger partial charge on any atom is -0.384 e. The molecule has 0 aliphatic carbocycles. The molecule has 1 N–H and O–H groups in total. The number of carbonyl (C=O) groups excluding carboxylic acids is 2. The highest BCUT2D eigenvalue weighted by Gasteiger charge is 2.39. The molecule has 0 bridgehead atoms. The van der Waals surface area contributed by atoms with E-state index >= 15 is 0 Å². The highest BCUT2D eigenvalue weighted by molar-refractivity contribution is 8.16. The number of nitrogens with zero attached hydrogens (tertiary/aromatic N) is 4. The number of likely N-dealkylation sites (N-methyl/N-ethyl adjacent to an activating group) is 1. The van der Waals surface area contributed by atoms with Crippen molar-refractivity contribution in [3.8, 4) is 0 Å². The van der Waals surface area contributed by atoms with Gasteiger partial charge in [0, 0.05) is 43.8 Å². The van der Waals surface area contributed by atoms with Crippen molar-refractivity contribution < 1.29 is 9.59 Å². The molecule has 1 atom stereocenters. The van der Waals surface area contributed by atoms with Crippen molar-refractivity contribution in [1.82, 2.24) is 9.80 Å². The predicted molar refractivity (Wildman–Crippen MR) is 160 cm³/mol. The Labute approximate surface area is 227 Å². The maximum Gasteiger partial charge on any atom is 0.283 e. The van der Waals surface area contributed by atoms with E-state index in [0.29, 0.717) is 35.3 Å². The molecule has 1 heterocycles. The number of hydrogen-bond acceptors (Lipinski definition) is 5. The number of hydrogen-bond donors (Lipinski definition) is 1. The molecule has 1 fully saturated rings. The summed E-state index contributed by atoms with van der Waals surface area (Å²) in [4.78, 5) is 38.8. The lowest BCUT2D eigenvalue weighted by atomic mass is 10.1. The highest BCUT2D eigenvalue weighted by atomic mass is 32.2. The summed E-state index contributed by atoms with van der Waals surface area (Å²) in [5.74, 6) is 0.437. The van der Waals surface area contributed by atoms with Crippen LogP contribution in [0.15, 0.2) is 82.7 Å². The van der Waals surface area contributed by atoms with Gasteiger partial charge in [0.25, 0.3) is 5.91 Å². The zero-order valence-corrected chi connectivity index (χ0v) is 23.7. The third-order valence-electron chi connectivity index (χ3n) is 6.42. The van der Waals surface area contributed by atoms with E-state index in [1.54, 1.807) is 24.0 Å². The van der Waals surface area contributed by atoms with E-state index in [4.69, 9.17) is 4.99 Å². The topological polar surface area (TPSA) is 68.2 Å². The van der Waals surface area contributed by atoms with Crippen LogP contribution in [-0.2, 0) is 11.3 Å². The van der Waals surface area contributed by atoms with Crippen LogP contribution >= 0.6 is 10.5 Å². The summed E-state index contributed by atoms with van der Waals surface area (Å²) < 4.78 is 0. The second kappa shape index (κ2) is 11.6. The van der Waals surface area contributed by atoms with Crippen LogP contribution in [0.25, 0.3) is 0 Å². The number of aliphatic imine (C=N–C) groups is 1. The number of guanidine groups is 1. The van der Waals surface area contributed by atoms with Crippen LogP contribution < -0.4 is 10.2 Å². The molecule has 198 valence electrons. The Morgan fingerprint density at radius 3 is 2.37 bits per heavy atom. The first-order chi connectivity index (χ1) is 18.2. The normalized spacial score (nSPS) is 16.2. The van der Waals surface area contributed by atoms with Gasteiger partial charge >= 0.3 is 0 Å². The molecular formula is C30H35N5O2S. The minimum absolute atomic E-state index is 0.0332. The molecule has 3 aromatic rings. The molecule has 4 rings (SSSR count). The number of rotatable bonds is 8. The number of benzene rings is 3. The first-order valence-corrected chi connectivity index (χ1v) is 14.2. The fourth-order valence-electron chi connectivity index (χ4n) is 4.48. The number of ketones is 1. The molecule has 0 saturated carbocycles. The lowest BCUT2D eigenvalue weighted by molar-refractivity contribution is -0.120. The number of Topliss-reactive ketones (excluding diaryl/α,β-unsaturated/α-hetero) is 1. The number of anilines is 2. The van der Waals surface area contributed by atoms with E-state index in [2.05, 4.69) is 28.6 Å². The van der Waals surface area contributed by atoms with Crippen molar-refractivity contribution in [2.24, 2.45) is 4.99 Å². The Kier molecular flexibility index (Phi) is 8.32. The predicted octanol–water partition coefficient (Wildman–Crippen LogP) is 5.44. The Bertz CT molecular complexity index is 1420. The van der Waals surface area contributed by atoms with Gasteiger partial charge in [-0.15, -0.1) is 10.5 Å². The number of amides is 1. The second-order valence-corrected chi connectivity index (χ2v) is 11.2. The smallest absolute Gasteiger partial charge is 0.283 e. The minimum atomic E-state index is -0.520. The number of nitrogens with one attached hydrogen (secondary N) is 1. The molecule has 38 heavy (non-hydrogen) atoms. The zero-order chi connectivity index (χ0) is 27.4. The van der Waals surface area contributed by atoms with Crippen LogP contribution in [0.5, 0.6) is 0 Å². The van der Waals surface area contributed by atoms with E-state index in [0.717, 1.165) is 21.8 Å². The highest BCUT2D eigenvalue weighted by Crippen LogP contribution is 2.37. The van der Waals surface area contributed by atoms with E-state index in [1.807, 2.05) is 81.5 Å². The molecule has 0 spiro atoms. The molecule has 1 unspecified atom stereocenters. The lowest BCUT2D eigenvalue weighted by Gasteiger charge is -2.21. The van der Waals surface area contributed by atoms with Crippen LogP contribution in [0.1, 0.15) is 29.8 Å². The zero-order valence-electron chi connectivity index (χ0n) is 22.9. The third-order valence-corrected chi connectivity index (χ3v) is 8.45. The van der Waals surface area contributed by atoms with E-state index < -0.39 is 10.5 Å². The number of para-hydroxylation sites is 1. The Morgan fingerprint density at radius 2 is 1.71 bits per heavy atom. The summed E-state index contributed by atoms with van der Waals surface area (Å²) in [5, 5.41) is 3.34. The van der Waals surface area contributed by atoms with Gasteiger partial charge < -0.3 is 15.1 Å². The van der Waals surface area contributed by atoms with Crippen LogP contribution in [0.4, 0.5) is 17.1 Å². The molecule has 1 saturated heterocycles. The standard InChI is InChI=1S/C30H35N5O2S/c1-7-31-24-18-17-23(21(2)36)19-25(24)32-30-34(5)29(28(37)35(30)20-22-13-9-8-10-14-22)38(6)27-16-12-11-15-26(27)33(3)4/h8-19,31H,7,20H2,1-6H3. The summed E-state index contributed by atoms with van der Waals surface area (Å²) in [6, 6.07) is 23.6. The largest absolute Gasteiger partial charge is 0.384 e. The van der Waals surface area contributed by atoms with Crippen molar-refractivity contribution in [1.29, 1.82) is 0 Å². The van der Waals surface area contributed by atoms with Crippen LogP contribution in [0.2, 0.25) is 0 Å². The maximum atomic E-state index is 14.1. The molecule has 3 aromatic carbocycles. The molecular weight excluding hydrogens is 494 g/mol. The summed E-state index contributed by atoms with van der Waals surface area (Å²) in [6.45, 7) is 4.65. The van der Waals surface area contributed by atoms with Gasteiger partial charge in [0.2, 0.25) is 5.96 Å². The molecule has 0 aromatic heterocycles. The summed E-state index contributed by atoms with van der Waals surface area (Å²) in [7, 11) is 5.41. The summed E-state index contributed by atoms with van der Waals surface area (Å²) in [5.41, 5.74) is 4.10. The Hall–Kier alpha value is -3.91. The summed E-state index contributed by atoms with van der Waals surface area (Å²) in [6.07, 6.45) is 2.09. The van der Waals surface area contributed by atoms with E-state index in [9.17, 15) is 9.59 Å². The van der Waals surface area contributed by atoms with Crippen molar-refractivity contribution in [2.45, 2.75) is 25.3 Å². The third kappa shape index (κ3) is 5.50. The first-order valence-electron chi connectivity index (χ1n) is 12.6. The molecule has 1 amide bonds. The van der Waals surface area contributed by atoms with Crippen molar-refractivity contribution >= 4 is 50.2 Å². The Morgan fingerprint density at radius 1 is 1.03 bits per heavy atom. The van der Waals surface area contributed by atoms with Gasteiger partial charge in [0.1, 0.15) is 4.99 Å².